The van der Waals surface area contributed by atoms with E-state index in [1.165, 1.54) is 0 Å². The molecule has 0 aromatic rings. The molecule has 0 fully saturated rings. The van der Waals surface area contributed by atoms with Gasteiger partial charge in [0, 0.05) is 41.7 Å². The van der Waals surface area contributed by atoms with Crippen LogP contribution in [0.4, 0.5) is 0 Å². The van der Waals surface area contributed by atoms with E-state index in [0.717, 1.165) is 0 Å². The second-order valence-electron chi connectivity index (χ2n) is 0. The van der Waals surface area contributed by atoms with Gasteiger partial charge < -0.3 is 0 Å². The van der Waals surface area contributed by atoms with Gasteiger partial charge in [-0.05, 0) is 0 Å². The minimum atomic E-state index is 0. The molecular weight excluding hydrogens is 355 g/mol. The monoisotopic (exact) mass is 352 g/mol. The summed E-state index contributed by atoms with van der Waals surface area (Å²) in [4.78, 5) is 0. The zero-order valence-electron chi connectivity index (χ0n) is 2.32. The van der Waals surface area contributed by atoms with Gasteiger partial charge in [0.25, 0.3) is 0 Å². The fourth-order valence-electron chi connectivity index (χ4n) is 0. The topological polar surface area (TPSA) is 34.1 Å². The molecule has 0 amide bonds. The van der Waals surface area contributed by atoms with Crippen molar-refractivity contribution >= 4 is 0 Å². The Bertz CT molecular complexity index is 9.61. The molecule has 0 spiro atoms. The second-order valence-corrected chi connectivity index (χ2v) is 0. The molecule has 0 heterocycles. The second kappa shape index (κ2) is 29.6. The third-order valence-electron chi connectivity index (χ3n) is 0. The summed E-state index contributed by atoms with van der Waals surface area (Å²) >= 11 is 0.600. The predicted octanol–water partition coefficient (Wildman–Crippen LogP) is -0.243. The van der Waals surface area contributed by atoms with Crippen LogP contribution in [0.3, 0.4) is 0 Å². The van der Waals surface area contributed by atoms with Crippen molar-refractivity contribution in [3.05, 3.63) is 0 Å². The Morgan fingerprint density at radius 3 is 0.800 bits per heavy atom. The SMILES string of the molecule is [Ce].[O]=[Zr].[O]=[Zr]. The van der Waals surface area contributed by atoms with Crippen LogP contribution in [-0.4, -0.2) is 0 Å². The van der Waals surface area contributed by atoms with Gasteiger partial charge in [0.05, 0.1) is 0 Å². The van der Waals surface area contributed by atoms with Crippen LogP contribution in [0.25, 0.3) is 0 Å². The molecule has 0 rings (SSSR count). The van der Waals surface area contributed by atoms with Crippen molar-refractivity contribution in [1.82, 2.24) is 0 Å². The van der Waals surface area contributed by atoms with E-state index in [2.05, 4.69) is 0 Å². The van der Waals surface area contributed by atoms with Crippen LogP contribution >= 0.6 is 0 Å². The van der Waals surface area contributed by atoms with Crippen LogP contribution in [0.15, 0.2) is 0 Å². The molecule has 0 bridgehead atoms. The van der Waals surface area contributed by atoms with Gasteiger partial charge in [-0.3, -0.25) is 0 Å². The maximum absolute atomic E-state index is 8.34. The summed E-state index contributed by atoms with van der Waals surface area (Å²) in [6, 6.07) is 0. The van der Waals surface area contributed by atoms with Crippen LogP contribution in [0.2, 0.25) is 0 Å². The molecule has 0 aromatic carbocycles. The summed E-state index contributed by atoms with van der Waals surface area (Å²) in [7, 11) is 0. The Morgan fingerprint density at radius 1 is 0.800 bits per heavy atom. The first-order valence-corrected chi connectivity index (χ1v) is 2.42. The summed E-state index contributed by atoms with van der Waals surface area (Å²) < 4.78 is 16.7. The standard InChI is InChI=1S/Ce.2O.2Zr. The Morgan fingerprint density at radius 2 is 0.800 bits per heavy atom. The molecule has 5 heteroatoms. The molecule has 0 aliphatic heterocycles. The Kier molecular flexibility index (Phi) is 92.5. The molecule has 0 atom stereocenters. The van der Waals surface area contributed by atoms with Crippen LogP contribution in [0.1, 0.15) is 0 Å². The van der Waals surface area contributed by atoms with Crippen molar-refractivity contribution in [3.8, 4) is 0 Å². The zero-order valence-corrected chi connectivity index (χ0v) is 10.4. The molecule has 0 aliphatic rings. The van der Waals surface area contributed by atoms with E-state index in [4.69, 9.17) is 5.63 Å². The molecule has 2 nitrogen and oxygen atoms in total. The molecular formula is CeO2Zr2. The Hall–Kier alpha value is 2.74. The van der Waals surface area contributed by atoms with Crippen LogP contribution < -0.4 is 0 Å². The van der Waals surface area contributed by atoms with E-state index in [1.807, 2.05) is 0 Å². The molecule has 0 unspecified atom stereocenters. The van der Waals surface area contributed by atoms with Gasteiger partial charge in [0.15, 0.2) is 0 Å². The van der Waals surface area contributed by atoms with Gasteiger partial charge in [-0.15, -0.1) is 0 Å². The molecule has 0 aliphatic carbocycles. The van der Waals surface area contributed by atoms with Crippen LogP contribution in [-0.2, 0) is 55.1 Å². The van der Waals surface area contributed by atoms with E-state index in [9.17, 15) is 0 Å². The summed E-state index contributed by atoms with van der Waals surface area (Å²) in [6.07, 6.45) is 0. The zero-order chi connectivity index (χ0) is 4.00. The third kappa shape index (κ3) is 20.2. The van der Waals surface area contributed by atoms with Gasteiger partial charge >= 0.3 is 55.1 Å². The first kappa shape index (κ1) is 15.6. The maximum atomic E-state index is 8.34. The minimum absolute atomic E-state index is 0. The third-order valence-corrected chi connectivity index (χ3v) is 0. The van der Waals surface area contributed by atoms with Crippen molar-refractivity contribution in [2.75, 3.05) is 0 Å². The quantitative estimate of drug-likeness (QED) is 0.602. The fourth-order valence-corrected chi connectivity index (χ4v) is 0. The molecule has 0 N–H and O–H groups in total. The molecule has 0 aromatic heterocycles. The number of hydrogen-bond acceptors (Lipinski definition) is 2. The van der Waals surface area contributed by atoms with Crippen molar-refractivity contribution in [2.45, 2.75) is 0 Å². The van der Waals surface area contributed by atoms with E-state index in [1.54, 1.807) is 0 Å². The van der Waals surface area contributed by atoms with Gasteiger partial charge in [-0.1, -0.05) is 0 Å². The van der Waals surface area contributed by atoms with Crippen molar-refractivity contribution in [3.63, 3.8) is 0 Å². The number of hydrogen-bond donors (Lipinski definition) is 0. The Balaban J connectivity index is -0.0000000133. The predicted molar refractivity (Wildman–Crippen MR) is 1.37 cm³/mol. The van der Waals surface area contributed by atoms with E-state index >= 15 is 0 Å². The van der Waals surface area contributed by atoms with Crippen molar-refractivity contribution in [2.24, 2.45) is 0 Å². The summed E-state index contributed by atoms with van der Waals surface area (Å²) in [6.45, 7) is 0. The van der Waals surface area contributed by atoms with E-state index < -0.39 is 0 Å². The molecule has 0 saturated carbocycles. The van der Waals surface area contributed by atoms with E-state index in [0.29, 0.717) is 49.4 Å². The average Bonchev–Trinajstić information content (AvgIpc) is 1.50. The van der Waals surface area contributed by atoms with Crippen LogP contribution in [0.5, 0.6) is 0 Å². The fraction of sp³-hybridized carbons (Fsp3) is 0. The normalized spacial score (nSPS) is 1.20. The summed E-state index contributed by atoms with van der Waals surface area (Å²) in [5.74, 6) is 0. The van der Waals surface area contributed by atoms with Gasteiger partial charge in [-0.25, -0.2) is 0 Å². The van der Waals surface area contributed by atoms with E-state index in [-0.39, 0.29) is 41.7 Å². The molecule has 0 radical (unpaired) electrons. The van der Waals surface area contributed by atoms with Gasteiger partial charge in [-0.2, -0.15) is 0 Å². The number of rotatable bonds is 0. The Labute approximate surface area is 94.4 Å². The first-order chi connectivity index (χ1) is 2.00. The first-order valence-electron chi connectivity index (χ1n) is 0.408. The van der Waals surface area contributed by atoms with Crippen LogP contribution in [0, 0.1) is 41.7 Å². The molecule has 0 saturated heterocycles. The van der Waals surface area contributed by atoms with Gasteiger partial charge in [0.2, 0.25) is 0 Å². The van der Waals surface area contributed by atoms with Crippen molar-refractivity contribution < 1.29 is 96.8 Å². The molecule has 5 heavy (non-hydrogen) atoms. The van der Waals surface area contributed by atoms with Gasteiger partial charge in [0.1, 0.15) is 0 Å². The van der Waals surface area contributed by atoms with Crippen molar-refractivity contribution in [1.29, 1.82) is 0 Å². The summed E-state index contributed by atoms with van der Waals surface area (Å²) in [5.41, 5.74) is 0. The summed E-state index contributed by atoms with van der Waals surface area (Å²) in [5, 5.41) is 0. The molecule has 24 valence electrons. The average molecular weight is 355 g/mol.